The second kappa shape index (κ2) is 6.12. The van der Waals surface area contributed by atoms with Gasteiger partial charge in [-0.3, -0.25) is 20.2 Å². The van der Waals surface area contributed by atoms with E-state index < -0.39 is 28.9 Å². The lowest BCUT2D eigenvalue weighted by atomic mass is 10.0. The molecule has 22 heavy (non-hydrogen) atoms. The van der Waals surface area contributed by atoms with E-state index in [1.165, 1.54) is 31.4 Å². The van der Waals surface area contributed by atoms with E-state index in [2.05, 4.69) is 5.32 Å². The topological polar surface area (TPSA) is 131 Å². The fraction of sp³-hybridized carbons (Fsp3) is 0.231. The van der Waals surface area contributed by atoms with Gasteiger partial charge in [-0.05, 0) is 17.7 Å². The van der Waals surface area contributed by atoms with Gasteiger partial charge in [-0.1, -0.05) is 18.2 Å². The average molecular weight is 307 g/mol. The smallest absolute Gasteiger partial charge is 0.322 e. The Kier molecular flexibility index (Phi) is 4.25. The lowest BCUT2D eigenvalue weighted by molar-refractivity contribution is -0.510. The Morgan fingerprint density at radius 2 is 2.14 bits per heavy atom. The van der Waals surface area contributed by atoms with Crippen LogP contribution in [0, 0.1) is 10.1 Å². The Morgan fingerprint density at radius 3 is 2.73 bits per heavy atom. The number of hydrogen-bond acceptors (Lipinski definition) is 6. The summed E-state index contributed by atoms with van der Waals surface area (Å²) in [5.74, 6) is -0.785. The molecule has 1 aliphatic rings. The number of urea groups is 1. The van der Waals surface area contributed by atoms with Gasteiger partial charge < -0.3 is 15.2 Å². The van der Waals surface area contributed by atoms with Crippen LogP contribution in [-0.4, -0.2) is 41.2 Å². The van der Waals surface area contributed by atoms with Crippen molar-refractivity contribution in [2.75, 3.05) is 7.11 Å². The summed E-state index contributed by atoms with van der Waals surface area (Å²) in [6, 6.07) is 1.03. The van der Waals surface area contributed by atoms with Crippen LogP contribution in [0.2, 0.25) is 0 Å². The van der Waals surface area contributed by atoms with Gasteiger partial charge in [-0.15, -0.1) is 0 Å². The van der Waals surface area contributed by atoms with Gasteiger partial charge in [0.05, 0.1) is 7.11 Å². The highest BCUT2D eigenvalue weighted by Gasteiger charge is 2.43. The van der Waals surface area contributed by atoms with E-state index in [0.717, 1.165) is 0 Å². The number of nitrogens with zero attached hydrogens (tertiary/aromatic N) is 1. The Bertz CT molecular complexity index is 657. The standard InChI is InChI=1S/C13H13N3O6/c1-22-10-5-3-7(6-9(10)17)2-4-8-11(16(20)21)12(18)15-13(19)14-8/h2-6,8,11,17H,1H3,(H2,14,15,18,19)/b4-2-. The van der Waals surface area contributed by atoms with Crippen LogP contribution >= 0.6 is 0 Å². The van der Waals surface area contributed by atoms with Crippen LogP contribution in [0.1, 0.15) is 5.56 Å². The molecule has 0 radical (unpaired) electrons. The lowest BCUT2D eigenvalue weighted by Gasteiger charge is -2.23. The number of benzene rings is 1. The number of rotatable bonds is 4. The number of ether oxygens (including phenoxy) is 1. The zero-order valence-electron chi connectivity index (χ0n) is 11.5. The zero-order chi connectivity index (χ0) is 16.3. The first kappa shape index (κ1) is 15.3. The maximum absolute atomic E-state index is 11.5. The monoisotopic (exact) mass is 307 g/mol. The number of carbonyl (C=O) groups is 2. The Hall–Kier alpha value is -3.10. The number of methoxy groups -OCH3 is 1. The molecule has 1 aliphatic heterocycles. The molecule has 1 fully saturated rings. The van der Waals surface area contributed by atoms with Crippen molar-refractivity contribution in [3.63, 3.8) is 0 Å². The molecule has 2 rings (SSSR count). The van der Waals surface area contributed by atoms with E-state index in [-0.39, 0.29) is 11.5 Å². The molecule has 1 aromatic carbocycles. The van der Waals surface area contributed by atoms with Crippen LogP contribution in [0.5, 0.6) is 11.5 Å². The highest BCUT2D eigenvalue weighted by molar-refractivity contribution is 6.00. The van der Waals surface area contributed by atoms with E-state index >= 15 is 0 Å². The van der Waals surface area contributed by atoms with Gasteiger partial charge in [-0.25, -0.2) is 4.79 Å². The quantitative estimate of drug-likeness (QED) is 0.540. The van der Waals surface area contributed by atoms with Crippen molar-refractivity contribution in [3.05, 3.63) is 40.0 Å². The Labute approximate surface area is 124 Å². The minimum atomic E-state index is -1.61. The number of nitrogens with one attached hydrogen (secondary N) is 2. The molecular formula is C13H13N3O6. The number of nitro groups is 1. The number of amides is 3. The maximum Gasteiger partial charge on any atom is 0.322 e. The van der Waals surface area contributed by atoms with Gasteiger partial charge in [0.2, 0.25) is 0 Å². The van der Waals surface area contributed by atoms with Crippen LogP contribution < -0.4 is 15.4 Å². The van der Waals surface area contributed by atoms with Gasteiger partial charge in [0.15, 0.2) is 11.5 Å². The molecule has 2 atom stereocenters. The highest BCUT2D eigenvalue weighted by Crippen LogP contribution is 2.26. The summed E-state index contributed by atoms with van der Waals surface area (Å²) in [4.78, 5) is 32.9. The number of hydrogen-bond donors (Lipinski definition) is 3. The molecule has 9 nitrogen and oxygen atoms in total. The van der Waals surface area contributed by atoms with Crippen LogP contribution in [0.25, 0.3) is 6.08 Å². The van der Waals surface area contributed by atoms with Crippen LogP contribution in [0.4, 0.5) is 4.79 Å². The van der Waals surface area contributed by atoms with Crippen molar-refractivity contribution >= 4 is 18.0 Å². The third kappa shape index (κ3) is 3.14. The molecule has 9 heteroatoms. The summed E-state index contributed by atoms with van der Waals surface area (Å²) in [5.41, 5.74) is 0.528. The van der Waals surface area contributed by atoms with Crippen molar-refractivity contribution in [2.24, 2.45) is 0 Å². The fourth-order valence-electron chi connectivity index (χ4n) is 2.02. The maximum atomic E-state index is 11.5. The first-order valence-electron chi connectivity index (χ1n) is 6.22. The molecule has 0 bridgehead atoms. The van der Waals surface area contributed by atoms with E-state index in [4.69, 9.17) is 4.74 Å². The van der Waals surface area contributed by atoms with Crippen LogP contribution in [-0.2, 0) is 4.79 Å². The number of phenols is 1. The molecule has 3 N–H and O–H groups in total. The first-order chi connectivity index (χ1) is 10.4. The number of aromatic hydroxyl groups is 1. The van der Waals surface area contributed by atoms with Gasteiger partial charge in [0, 0.05) is 4.92 Å². The summed E-state index contributed by atoms with van der Waals surface area (Å²) >= 11 is 0. The predicted octanol–water partition coefficient (Wildman–Crippen LogP) is 0.267. The SMILES string of the molecule is COc1ccc(/C=C\C2NC(=O)NC(=O)C2[N+](=O)[O-])cc1O. The molecule has 3 amide bonds. The van der Waals surface area contributed by atoms with E-state index in [1.54, 1.807) is 6.07 Å². The molecule has 0 aliphatic carbocycles. The number of phenolic OH excluding ortho intramolecular Hbond substituents is 1. The van der Waals surface area contributed by atoms with E-state index in [0.29, 0.717) is 5.56 Å². The second-order valence-corrected chi connectivity index (χ2v) is 4.51. The molecule has 1 aromatic rings. The normalized spacial score (nSPS) is 21.3. The molecule has 0 aromatic heterocycles. The highest BCUT2D eigenvalue weighted by atomic mass is 16.6. The van der Waals surface area contributed by atoms with Gasteiger partial charge in [0.1, 0.15) is 6.04 Å². The van der Waals surface area contributed by atoms with Crippen molar-refractivity contribution < 1.29 is 24.4 Å². The van der Waals surface area contributed by atoms with Crippen LogP contribution in [0.15, 0.2) is 24.3 Å². The average Bonchev–Trinajstić information content (AvgIpc) is 2.44. The van der Waals surface area contributed by atoms with E-state index in [1.807, 2.05) is 5.32 Å². The third-order valence-electron chi connectivity index (χ3n) is 3.07. The summed E-state index contributed by atoms with van der Waals surface area (Å²) < 4.78 is 4.90. The van der Waals surface area contributed by atoms with Crippen molar-refractivity contribution in [3.8, 4) is 11.5 Å². The van der Waals surface area contributed by atoms with E-state index in [9.17, 15) is 24.8 Å². The van der Waals surface area contributed by atoms with Gasteiger partial charge in [-0.2, -0.15) is 0 Å². The Morgan fingerprint density at radius 1 is 1.41 bits per heavy atom. The zero-order valence-corrected chi connectivity index (χ0v) is 11.5. The molecule has 0 saturated carbocycles. The molecule has 116 valence electrons. The van der Waals surface area contributed by atoms with Crippen molar-refractivity contribution in [1.82, 2.24) is 10.6 Å². The van der Waals surface area contributed by atoms with Crippen molar-refractivity contribution in [2.45, 2.75) is 12.1 Å². The summed E-state index contributed by atoms with van der Waals surface area (Å²) in [5, 5.41) is 24.7. The third-order valence-corrected chi connectivity index (χ3v) is 3.07. The lowest BCUT2D eigenvalue weighted by Crippen LogP contribution is -2.62. The number of carbonyl (C=O) groups excluding carboxylic acids is 2. The largest absolute Gasteiger partial charge is 0.504 e. The minimum absolute atomic E-state index is 0.0964. The van der Waals surface area contributed by atoms with Gasteiger partial charge in [0.25, 0.3) is 0 Å². The van der Waals surface area contributed by atoms with Crippen molar-refractivity contribution in [1.29, 1.82) is 0 Å². The molecular weight excluding hydrogens is 294 g/mol. The first-order valence-corrected chi connectivity index (χ1v) is 6.22. The van der Waals surface area contributed by atoms with Crippen LogP contribution in [0.3, 0.4) is 0 Å². The minimum Gasteiger partial charge on any atom is -0.504 e. The second-order valence-electron chi connectivity index (χ2n) is 4.51. The molecule has 1 heterocycles. The molecule has 0 spiro atoms. The predicted molar refractivity (Wildman–Crippen MR) is 74.9 cm³/mol. The summed E-state index contributed by atoms with van der Waals surface area (Å²) in [6.45, 7) is 0. The Balaban J connectivity index is 2.22. The summed E-state index contributed by atoms with van der Waals surface area (Å²) in [6.07, 6.45) is 2.78. The fourth-order valence-corrected chi connectivity index (χ4v) is 2.02. The molecule has 1 saturated heterocycles. The van der Waals surface area contributed by atoms with Gasteiger partial charge >= 0.3 is 18.0 Å². The summed E-state index contributed by atoms with van der Waals surface area (Å²) in [7, 11) is 1.41. The molecule has 2 unspecified atom stereocenters. The number of imide groups is 1.